The fourth-order valence-corrected chi connectivity index (χ4v) is 2.17. The van der Waals surface area contributed by atoms with Gasteiger partial charge < -0.3 is 5.32 Å². The molecule has 2 rings (SSSR count). The number of hydrogen-bond donors (Lipinski definition) is 1. The minimum absolute atomic E-state index is 0.208. The SMILES string of the molecule is CCn1c(C)c(NC(C)=O)c(=O)n1-c1ccccc1. The molecule has 2 aromatic rings. The van der Waals surface area contributed by atoms with Crippen molar-refractivity contribution < 1.29 is 4.79 Å². The summed E-state index contributed by atoms with van der Waals surface area (Å²) >= 11 is 0. The van der Waals surface area contributed by atoms with Crippen molar-refractivity contribution in [2.45, 2.75) is 27.3 Å². The molecule has 1 amide bonds. The monoisotopic (exact) mass is 259 g/mol. The Morgan fingerprint density at radius 1 is 1.26 bits per heavy atom. The van der Waals surface area contributed by atoms with Crippen LogP contribution in [0.4, 0.5) is 5.69 Å². The third-order valence-electron chi connectivity index (χ3n) is 3.00. The van der Waals surface area contributed by atoms with Gasteiger partial charge in [0.2, 0.25) is 5.91 Å². The van der Waals surface area contributed by atoms with Gasteiger partial charge in [-0.05, 0) is 26.0 Å². The molecular formula is C14H17N3O2. The molecule has 0 aliphatic rings. The van der Waals surface area contributed by atoms with Crippen LogP contribution in [-0.2, 0) is 11.3 Å². The van der Waals surface area contributed by atoms with Gasteiger partial charge in [-0.25, -0.2) is 4.68 Å². The number of para-hydroxylation sites is 1. The lowest BCUT2D eigenvalue weighted by molar-refractivity contribution is -0.114. The van der Waals surface area contributed by atoms with Gasteiger partial charge in [0.15, 0.2) is 0 Å². The van der Waals surface area contributed by atoms with Crippen LogP contribution in [0.15, 0.2) is 35.1 Å². The van der Waals surface area contributed by atoms with Crippen molar-refractivity contribution in [2.75, 3.05) is 5.32 Å². The molecule has 0 spiro atoms. The first kappa shape index (κ1) is 13.1. The molecular weight excluding hydrogens is 242 g/mol. The molecule has 0 aliphatic heterocycles. The molecule has 0 unspecified atom stereocenters. The second-order valence-electron chi connectivity index (χ2n) is 4.31. The van der Waals surface area contributed by atoms with Gasteiger partial charge in [0.05, 0.1) is 11.4 Å². The Morgan fingerprint density at radius 2 is 1.89 bits per heavy atom. The van der Waals surface area contributed by atoms with Crippen molar-refractivity contribution in [1.82, 2.24) is 9.36 Å². The Labute approximate surface area is 111 Å². The Hall–Kier alpha value is -2.30. The van der Waals surface area contributed by atoms with Crippen LogP contribution in [0.25, 0.3) is 5.69 Å². The van der Waals surface area contributed by atoms with Crippen molar-refractivity contribution in [3.05, 3.63) is 46.4 Å². The van der Waals surface area contributed by atoms with Crippen LogP contribution in [0.1, 0.15) is 19.5 Å². The van der Waals surface area contributed by atoms with E-state index in [9.17, 15) is 9.59 Å². The third-order valence-corrected chi connectivity index (χ3v) is 3.00. The first-order valence-electron chi connectivity index (χ1n) is 6.21. The number of anilines is 1. The number of carbonyl (C=O) groups is 1. The lowest BCUT2D eigenvalue weighted by Gasteiger charge is -2.10. The molecule has 0 atom stereocenters. The molecule has 5 heteroatoms. The highest BCUT2D eigenvalue weighted by atomic mass is 16.2. The van der Waals surface area contributed by atoms with Gasteiger partial charge in [0, 0.05) is 13.5 Å². The third kappa shape index (κ3) is 2.31. The average Bonchev–Trinajstić information content (AvgIpc) is 2.63. The molecule has 1 aromatic heterocycles. The lowest BCUT2D eigenvalue weighted by Crippen LogP contribution is -2.22. The van der Waals surface area contributed by atoms with E-state index in [4.69, 9.17) is 0 Å². The Balaban J connectivity index is 2.68. The minimum atomic E-state index is -0.242. The summed E-state index contributed by atoms with van der Waals surface area (Å²) in [4.78, 5) is 23.6. The maximum absolute atomic E-state index is 12.4. The highest BCUT2D eigenvalue weighted by molar-refractivity contribution is 5.89. The molecule has 0 aliphatic carbocycles. The lowest BCUT2D eigenvalue weighted by atomic mass is 10.3. The fourth-order valence-electron chi connectivity index (χ4n) is 2.17. The summed E-state index contributed by atoms with van der Waals surface area (Å²) in [5, 5.41) is 2.61. The van der Waals surface area contributed by atoms with E-state index in [0.29, 0.717) is 12.2 Å². The van der Waals surface area contributed by atoms with Crippen molar-refractivity contribution in [1.29, 1.82) is 0 Å². The topological polar surface area (TPSA) is 56.0 Å². The molecule has 0 bridgehead atoms. The fraction of sp³-hybridized carbons (Fsp3) is 0.286. The molecule has 1 aromatic carbocycles. The predicted molar refractivity (Wildman–Crippen MR) is 74.7 cm³/mol. The number of hydrogen-bond acceptors (Lipinski definition) is 2. The first-order valence-corrected chi connectivity index (χ1v) is 6.21. The number of benzene rings is 1. The Bertz CT molecular complexity index is 653. The zero-order chi connectivity index (χ0) is 14.0. The van der Waals surface area contributed by atoms with E-state index < -0.39 is 0 Å². The number of nitrogens with one attached hydrogen (secondary N) is 1. The smallest absolute Gasteiger partial charge is 0.295 e. The van der Waals surface area contributed by atoms with E-state index in [2.05, 4.69) is 5.32 Å². The maximum Gasteiger partial charge on any atom is 0.295 e. The van der Waals surface area contributed by atoms with Gasteiger partial charge >= 0.3 is 0 Å². The van der Waals surface area contributed by atoms with Crippen LogP contribution in [0, 0.1) is 6.92 Å². The van der Waals surface area contributed by atoms with Gasteiger partial charge in [-0.1, -0.05) is 18.2 Å². The summed E-state index contributed by atoms with van der Waals surface area (Å²) in [5.41, 5.74) is 1.68. The van der Waals surface area contributed by atoms with Crippen LogP contribution in [0.3, 0.4) is 0 Å². The summed E-state index contributed by atoms with van der Waals surface area (Å²) in [6.45, 7) is 5.84. The van der Waals surface area contributed by atoms with Gasteiger partial charge in [0.25, 0.3) is 5.56 Å². The van der Waals surface area contributed by atoms with E-state index in [-0.39, 0.29) is 11.5 Å². The van der Waals surface area contributed by atoms with Crippen molar-refractivity contribution in [2.24, 2.45) is 0 Å². The van der Waals surface area contributed by atoms with Gasteiger partial charge in [-0.2, -0.15) is 0 Å². The summed E-state index contributed by atoms with van der Waals surface area (Å²) in [7, 11) is 0. The van der Waals surface area contributed by atoms with Crippen LogP contribution in [-0.4, -0.2) is 15.3 Å². The van der Waals surface area contributed by atoms with Gasteiger partial charge in [0.1, 0.15) is 5.69 Å². The largest absolute Gasteiger partial charge is 0.320 e. The Kier molecular flexibility index (Phi) is 3.55. The van der Waals surface area contributed by atoms with Crippen LogP contribution >= 0.6 is 0 Å². The standard InChI is InChI=1S/C14H17N3O2/c1-4-16-10(2)13(15-11(3)18)14(19)17(16)12-8-6-5-7-9-12/h5-9H,4H2,1-3H3,(H,15,18). The van der Waals surface area contributed by atoms with E-state index >= 15 is 0 Å². The van der Waals surface area contributed by atoms with Crippen molar-refractivity contribution in [3.63, 3.8) is 0 Å². The second-order valence-corrected chi connectivity index (χ2v) is 4.31. The van der Waals surface area contributed by atoms with Gasteiger partial charge in [-0.3, -0.25) is 14.3 Å². The number of rotatable bonds is 3. The average molecular weight is 259 g/mol. The van der Waals surface area contributed by atoms with E-state index in [1.54, 1.807) is 4.68 Å². The zero-order valence-electron chi connectivity index (χ0n) is 11.3. The molecule has 100 valence electrons. The molecule has 5 nitrogen and oxygen atoms in total. The van der Waals surface area contributed by atoms with E-state index in [1.807, 2.05) is 48.9 Å². The summed E-state index contributed by atoms with van der Waals surface area (Å²) in [6.07, 6.45) is 0. The predicted octanol–water partition coefficient (Wildman–Crippen LogP) is 1.93. The normalized spacial score (nSPS) is 10.5. The van der Waals surface area contributed by atoms with E-state index in [1.165, 1.54) is 6.92 Å². The second kappa shape index (κ2) is 5.14. The Morgan fingerprint density at radius 3 is 2.42 bits per heavy atom. The molecule has 0 fully saturated rings. The number of aromatic nitrogens is 2. The molecule has 0 saturated heterocycles. The van der Waals surface area contributed by atoms with Crippen molar-refractivity contribution >= 4 is 11.6 Å². The number of nitrogens with zero attached hydrogens (tertiary/aromatic N) is 2. The summed E-state index contributed by atoms with van der Waals surface area (Å²) in [6, 6.07) is 9.38. The van der Waals surface area contributed by atoms with Crippen molar-refractivity contribution in [3.8, 4) is 5.69 Å². The quantitative estimate of drug-likeness (QED) is 0.915. The number of carbonyl (C=O) groups excluding carboxylic acids is 1. The van der Waals surface area contributed by atoms with Gasteiger partial charge in [-0.15, -0.1) is 0 Å². The first-order chi connectivity index (χ1) is 9.06. The maximum atomic E-state index is 12.4. The highest BCUT2D eigenvalue weighted by Crippen LogP contribution is 2.15. The molecule has 0 radical (unpaired) electrons. The van der Waals surface area contributed by atoms with Crippen LogP contribution in [0.5, 0.6) is 0 Å². The summed E-state index contributed by atoms with van der Waals surface area (Å²) in [5.74, 6) is -0.242. The molecule has 1 heterocycles. The molecule has 19 heavy (non-hydrogen) atoms. The number of amides is 1. The van der Waals surface area contributed by atoms with Crippen LogP contribution in [0.2, 0.25) is 0 Å². The van der Waals surface area contributed by atoms with Crippen LogP contribution < -0.4 is 10.9 Å². The summed E-state index contributed by atoms with van der Waals surface area (Å²) < 4.78 is 3.43. The van der Waals surface area contributed by atoms with E-state index in [0.717, 1.165) is 11.4 Å². The highest BCUT2D eigenvalue weighted by Gasteiger charge is 2.17. The zero-order valence-corrected chi connectivity index (χ0v) is 11.3. The molecule has 0 saturated carbocycles. The minimum Gasteiger partial charge on any atom is -0.320 e. The molecule has 1 N–H and O–H groups in total.